The summed E-state index contributed by atoms with van der Waals surface area (Å²) >= 11 is 3.48. The molecule has 0 saturated heterocycles. The fourth-order valence-electron chi connectivity index (χ4n) is 1.92. The molecule has 0 saturated carbocycles. The molecule has 0 fully saturated rings. The maximum Gasteiger partial charge on any atom is 0.337 e. The van der Waals surface area contributed by atoms with Gasteiger partial charge in [0.1, 0.15) is 0 Å². The first-order chi connectivity index (χ1) is 10.2. The van der Waals surface area contributed by atoms with E-state index in [1.54, 1.807) is 18.3 Å². The summed E-state index contributed by atoms with van der Waals surface area (Å²) in [5.74, 6) is -0.328. The number of aromatic nitrogens is 1. The minimum Gasteiger partial charge on any atom is -0.465 e. The summed E-state index contributed by atoms with van der Waals surface area (Å²) in [7, 11) is 1.38. The average Bonchev–Trinajstić information content (AvgIpc) is 2.53. The van der Waals surface area contributed by atoms with E-state index in [4.69, 9.17) is 4.74 Å². The summed E-state index contributed by atoms with van der Waals surface area (Å²) in [6.45, 7) is 1.58. The van der Waals surface area contributed by atoms with Crippen molar-refractivity contribution in [1.82, 2.24) is 10.3 Å². The molecule has 4 nitrogen and oxygen atoms in total. The van der Waals surface area contributed by atoms with Crippen molar-refractivity contribution in [3.8, 4) is 0 Å². The zero-order valence-electron chi connectivity index (χ0n) is 11.8. The van der Waals surface area contributed by atoms with Gasteiger partial charge >= 0.3 is 5.97 Å². The predicted octanol–water partition coefficient (Wildman–Crippen LogP) is 2.96. The van der Waals surface area contributed by atoms with Crippen molar-refractivity contribution in [2.75, 3.05) is 13.7 Å². The van der Waals surface area contributed by atoms with E-state index < -0.39 is 0 Å². The van der Waals surface area contributed by atoms with Gasteiger partial charge in [0, 0.05) is 35.9 Å². The Morgan fingerprint density at radius 2 is 2.19 bits per heavy atom. The van der Waals surface area contributed by atoms with Gasteiger partial charge in [0.05, 0.1) is 12.7 Å². The Labute approximate surface area is 132 Å². The van der Waals surface area contributed by atoms with Crippen molar-refractivity contribution in [2.45, 2.75) is 13.0 Å². The van der Waals surface area contributed by atoms with Crippen molar-refractivity contribution in [1.29, 1.82) is 0 Å². The van der Waals surface area contributed by atoms with Gasteiger partial charge in [-0.05, 0) is 29.8 Å². The molecule has 0 radical (unpaired) electrons. The number of nitrogens with one attached hydrogen (secondary N) is 1. The third-order valence-corrected chi connectivity index (χ3v) is 3.81. The molecule has 2 aromatic rings. The largest absolute Gasteiger partial charge is 0.465 e. The van der Waals surface area contributed by atoms with E-state index in [0.717, 1.165) is 35.2 Å². The Balaban J connectivity index is 1.85. The minimum absolute atomic E-state index is 0.328. The molecule has 5 heteroatoms. The Kier molecular flexibility index (Phi) is 5.90. The van der Waals surface area contributed by atoms with Gasteiger partial charge in [-0.25, -0.2) is 4.79 Å². The van der Waals surface area contributed by atoms with Gasteiger partial charge in [-0.3, -0.25) is 4.98 Å². The smallest absolute Gasteiger partial charge is 0.337 e. The molecule has 21 heavy (non-hydrogen) atoms. The molecule has 0 amide bonds. The van der Waals surface area contributed by atoms with Gasteiger partial charge in [0.15, 0.2) is 0 Å². The molecule has 0 unspecified atom stereocenters. The number of halogens is 1. The number of carbonyl (C=O) groups excluding carboxylic acids is 1. The zero-order chi connectivity index (χ0) is 15.1. The molecular weight excluding hydrogens is 332 g/mol. The van der Waals surface area contributed by atoms with Crippen LogP contribution in [0.15, 0.2) is 47.1 Å². The van der Waals surface area contributed by atoms with Gasteiger partial charge in [-0.1, -0.05) is 28.1 Å². The van der Waals surface area contributed by atoms with Gasteiger partial charge in [-0.2, -0.15) is 0 Å². The molecular formula is C16H17BrN2O2. The third kappa shape index (κ3) is 4.65. The van der Waals surface area contributed by atoms with Crippen molar-refractivity contribution in [3.63, 3.8) is 0 Å². The van der Waals surface area contributed by atoms with Crippen LogP contribution in [0.25, 0.3) is 0 Å². The van der Waals surface area contributed by atoms with Crippen LogP contribution in [-0.4, -0.2) is 24.6 Å². The molecule has 0 aliphatic heterocycles. The Morgan fingerprint density at radius 3 is 2.86 bits per heavy atom. The normalized spacial score (nSPS) is 10.4. The van der Waals surface area contributed by atoms with Gasteiger partial charge < -0.3 is 10.1 Å². The van der Waals surface area contributed by atoms with E-state index in [-0.39, 0.29) is 5.97 Å². The van der Waals surface area contributed by atoms with Crippen LogP contribution < -0.4 is 5.32 Å². The number of esters is 1. The average molecular weight is 349 g/mol. The number of benzene rings is 1. The Bertz CT molecular complexity index is 602. The maximum atomic E-state index is 11.4. The molecule has 0 aliphatic rings. The van der Waals surface area contributed by atoms with Crippen LogP contribution in [0.3, 0.4) is 0 Å². The Hall–Kier alpha value is -1.72. The molecule has 1 aromatic carbocycles. The van der Waals surface area contributed by atoms with Crippen LogP contribution in [0.5, 0.6) is 0 Å². The van der Waals surface area contributed by atoms with Gasteiger partial charge in [0.2, 0.25) is 0 Å². The number of hydrogen-bond acceptors (Lipinski definition) is 4. The third-order valence-electron chi connectivity index (χ3n) is 3.07. The van der Waals surface area contributed by atoms with E-state index >= 15 is 0 Å². The Morgan fingerprint density at radius 1 is 1.33 bits per heavy atom. The summed E-state index contributed by atoms with van der Waals surface area (Å²) in [6.07, 6.45) is 2.69. The number of ether oxygens (including phenoxy) is 1. The van der Waals surface area contributed by atoms with E-state index in [2.05, 4.69) is 26.2 Å². The van der Waals surface area contributed by atoms with Gasteiger partial charge in [-0.15, -0.1) is 0 Å². The molecule has 0 atom stereocenters. The summed E-state index contributed by atoms with van der Waals surface area (Å²) in [6, 6.07) is 11.4. The topological polar surface area (TPSA) is 51.2 Å². The molecule has 0 bridgehead atoms. The second-order valence-corrected chi connectivity index (χ2v) is 5.40. The van der Waals surface area contributed by atoms with Crippen LogP contribution in [0.4, 0.5) is 0 Å². The number of methoxy groups -OCH3 is 1. The quantitative estimate of drug-likeness (QED) is 0.644. The van der Waals surface area contributed by atoms with Crippen LogP contribution >= 0.6 is 15.9 Å². The second-order valence-electron chi connectivity index (χ2n) is 4.55. The minimum atomic E-state index is -0.328. The highest BCUT2D eigenvalue weighted by Crippen LogP contribution is 2.19. The molecule has 1 aromatic heterocycles. The highest BCUT2D eigenvalue weighted by Gasteiger charge is 2.08. The molecule has 110 valence electrons. The van der Waals surface area contributed by atoms with E-state index in [1.165, 1.54) is 7.11 Å². The van der Waals surface area contributed by atoms with E-state index in [1.807, 2.05) is 24.3 Å². The van der Waals surface area contributed by atoms with Crippen molar-refractivity contribution in [3.05, 3.63) is 63.9 Å². The van der Waals surface area contributed by atoms with Crippen LogP contribution in [0.1, 0.15) is 21.6 Å². The highest BCUT2D eigenvalue weighted by atomic mass is 79.9. The fourth-order valence-corrected chi connectivity index (χ4v) is 2.44. The lowest BCUT2D eigenvalue weighted by Gasteiger charge is -2.08. The first-order valence-electron chi connectivity index (χ1n) is 6.68. The molecule has 1 heterocycles. The first kappa shape index (κ1) is 15.7. The summed E-state index contributed by atoms with van der Waals surface area (Å²) in [5.41, 5.74) is 2.72. The predicted molar refractivity (Wildman–Crippen MR) is 85.1 cm³/mol. The monoisotopic (exact) mass is 348 g/mol. The highest BCUT2D eigenvalue weighted by molar-refractivity contribution is 9.10. The van der Waals surface area contributed by atoms with Crippen molar-refractivity contribution < 1.29 is 9.53 Å². The lowest BCUT2D eigenvalue weighted by Crippen LogP contribution is -2.17. The SMILES string of the molecule is COC(=O)c1ccc(CNCCc2ccccn2)c(Br)c1. The van der Waals surface area contributed by atoms with Crippen LogP contribution in [0.2, 0.25) is 0 Å². The number of rotatable bonds is 6. The fraction of sp³-hybridized carbons (Fsp3) is 0.250. The van der Waals surface area contributed by atoms with Gasteiger partial charge in [0.25, 0.3) is 0 Å². The first-order valence-corrected chi connectivity index (χ1v) is 7.47. The summed E-state index contributed by atoms with van der Waals surface area (Å²) < 4.78 is 5.60. The molecule has 0 spiro atoms. The lowest BCUT2D eigenvalue weighted by molar-refractivity contribution is 0.0600. The number of nitrogens with zero attached hydrogens (tertiary/aromatic N) is 1. The lowest BCUT2D eigenvalue weighted by atomic mass is 10.1. The molecule has 0 aliphatic carbocycles. The van der Waals surface area contributed by atoms with Crippen LogP contribution in [0, 0.1) is 0 Å². The standard InChI is InChI=1S/C16H17BrN2O2/c1-21-16(20)12-5-6-13(15(17)10-12)11-18-9-7-14-4-2-3-8-19-14/h2-6,8,10,18H,7,9,11H2,1H3. The van der Waals surface area contributed by atoms with Crippen molar-refractivity contribution >= 4 is 21.9 Å². The summed E-state index contributed by atoms with van der Waals surface area (Å²) in [4.78, 5) is 15.7. The maximum absolute atomic E-state index is 11.4. The number of pyridine rings is 1. The number of carbonyl (C=O) groups is 1. The molecule has 2 rings (SSSR count). The van der Waals surface area contributed by atoms with Crippen LogP contribution in [-0.2, 0) is 17.7 Å². The van der Waals surface area contributed by atoms with E-state index in [9.17, 15) is 4.79 Å². The zero-order valence-corrected chi connectivity index (χ0v) is 13.4. The van der Waals surface area contributed by atoms with E-state index in [0.29, 0.717) is 5.56 Å². The van der Waals surface area contributed by atoms with Crippen molar-refractivity contribution in [2.24, 2.45) is 0 Å². The second kappa shape index (κ2) is 7.90. The molecule has 1 N–H and O–H groups in total. The summed E-state index contributed by atoms with van der Waals surface area (Å²) in [5, 5.41) is 3.37. The number of hydrogen-bond donors (Lipinski definition) is 1.